The Bertz CT molecular complexity index is 533. The van der Waals surface area contributed by atoms with Crippen LogP contribution in [0.3, 0.4) is 0 Å². The molecule has 1 aromatic carbocycles. The summed E-state index contributed by atoms with van der Waals surface area (Å²) < 4.78 is 0. The van der Waals surface area contributed by atoms with Gasteiger partial charge in [0, 0.05) is 13.0 Å². The van der Waals surface area contributed by atoms with Crippen LogP contribution in [0.4, 0.5) is 0 Å². The van der Waals surface area contributed by atoms with Gasteiger partial charge in [-0.3, -0.25) is 4.79 Å². The van der Waals surface area contributed by atoms with Gasteiger partial charge in [-0.2, -0.15) is 0 Å². The lowest BCUT2D eigenvalue weighted by molar-refractivity contribution is -0.151. The Morgan fingerprint density at radius 2 is 2.00 bits per heavy atom. The molecule has 112 valence electrons. The molecule has 1 heterocycles. The van der Waals surface area contributed by atoms with Gasteiger partial charge in [0.1, 0.15) is 6.04 Å². The van der Waals surface area contributed by atoms with E-state index >= 15 is 0 Å². The van der Waals surface area contributed by atoms with Crippen LogP contribution >= 0.6 is 0 Å². The summed E-state index contributed by atoms with van der Waals surface area (Å²) in [5.74, 6) is -1.00. The molecule has 1 atom stereocenters. The van der Waals surface area contributed by atoms with Gasteiger partial charge in [-0.05, 0) is 31.7 Å². The van der Waals surface area contributed by atoms with Crippen molar-refractivity contribution in [3.63, 3.8) is 0 Å². The van der Waals surface area contributed by atoms with E-state index in [0.717, 1.165) is 18.4 Å². The Hall–Kier alpha value is -2.10. The summed E-state index contributed by atoms with van der Waals surface area (Å²) in [7, 11) is 0. The number of hydrogen-bond acceptors (Lipinski definition) is 2. The van der Waals surface area contributed by atoms with Crippen molar-refractivity contribution in [2.24, 2.45) is 0 Å². The van der Waals surface area contributed by atoms with Gasteiger partial charge >= 0.3 is 5.97 Å². The van der Waals surface area contributed by atoms with Crippen LogP contribution < -0.4 is 0 Å². The highest BCUT2D eigenvalue weighted by molar-refractivity contribution is 5.85. The van der Waals surface area contributed by atoms with Gasteiger partial charge < -0.3 is 10.0 Å². The standard InChI is InChI=1S/C17H21NO3/c1-13-8-10-14(11-9-13)5-4-7-16(19)18-12-3-2-6-15(18)17(20)21/h4-5,8-11,15H,2-3,6-7,12H2,1H3,(H,20,21)/b5-4+. The number of aliphatic carboxylic acids is 1. The lowest BCUT2D eigenvalue weighted by Crippen LogP contribution is -2.47. The van der Waals surface area contributed by atoms with Crippen LogP contribution in [0.15, 0.2) is 30.3 Å². The third-order valence-electron chi connectivity index (χ3n) is 3.79. The molecular formula is C17H21NO3. The van der Waals surface area contributed by atoms with E-state index in [9.17, 15) is 14.7 Å². The fourth-order valence-electron chi connectivity index (χ4n) is 2.58. The van der Waals surface area contributed by atoms with E-state index in [4.69, 9.17) is 0 Å². The van der Waals surface area contributed by atoms with Crippen LogP contribution in [0.25, 0.3) is 6.08 Å². The fourth-order valence-corrected chi connectivity index (χ4v) is 2.58. The van der Waals surface area contributed by atoms with Crippen molar-refractivity contribution >= 4 is 18.0 Å². The number of carbonyl (C=O) groups excluding carboxylic acids is 1. The van der Waals surface area contributed by atoms with Gasteiger partial charge in [0.2, 0.25) is 5.91 Å². The Morgan fingerprint density at radius 3 is 2.67 bits per heavy atom. The number of carboxylic acid groups (broad SMARTS) is 1. The zero-order valence-electron chi connectivity index (χ0n) is 12.3. The summed E-state index contributed by atoms with van der Waals surface area (Å²) in [5.41, 5.74) is 2.24. The number of carboxylic acids is 1. The van der Waals surface area contributed by atoms with Crippen molar-refractivity contribution in [2.45, 2.75) is 38.6 Å². The highest BCUT2D eigenvalue weighted by Gasteiger charge is 2.30. The van der Waals surface area contributed by atoms with Crippen molar-refractivity contribution in [2.75, 3.05) is 6.54 Å². The normalized spacial score (nSPS) is 18.9. The SMILES string of the molecule is Cc1ccc(/C=C/CC(=O)N2CCCCC2C(=O)O)cc1. The molecule has 0 bridgehead atoms. The maximum absolute atomic E-state index is 12.2. The number of benzene rings is 1. The maximum atomic E-state index is 12.2. The van der Waals surface area contributed by atoms with Crippen LogP contribution in [0, 0.1) is 6.92 Å². The number of amides is 1. The Labute approximate surface area is 125 Å². The molecule has 0 aromatic heterocycles. The molecule has 1 aliphatic rings. The van der Waals surface area contributed by atoms with E-state index in [-0.39, 0.29) is 12.3 Å². The molecule has 0 aliphatic carbocycles. The second-order valence-corrected chi connectivity index (χ2v) is 5.45. The molecule has 4 heteroatoms. The van der Waals surface area contributed by atoms with E-state index in [0.29, 0.717) is 13.0 Å². The highest BCUT2D eigenvalue weighted by Crippen LogP contribution is 2.18. The average Bonchev–Trinajstić information content (AvgIpc) is 2.49. The molecule has 1 N–H and O–H groups in total. The van der Waals surface area contributed by atoms with Gasteiger partial charge in [-0.15, -0.1) is 0 Å². The predicted molar refractivity (Wildman–Crippen MR) is 81.8 cm³/mol. The van der Waals surface area contributed by atoms with E-state index in [2.05, 4.69) is 0 Å². The van der Waals surface area contributed by atoms with E-state index in [1.54, 1.807) is 6.08 Å². The summed E-state index contributed by atoms with van der Waals surface area (Å²) in [6, 6.07) is 7.38. The first kappa shape index (κ1) is 15.3. The molecule has 0 radical (unpaired) electrons. The first-order valence-electron chi connectivity index (χ1n) is 7.33. The van der Waals surface area contributed by atoms with Crippen molar-refractivity contribution < 1.29 is 14.7 Å². The monoisotopic (exact) mass is 287 g/mol. The van der Waals surface area contributed by atoms with Gasteiger partial charge in [0.25, 0.3) is 0 Å². The van der Waals surface area contributed by atoms with Gasteiger partial charge in [0.05, 0.1) is 0 Å². The number of rotatable bonds is 4. The molecule has 1 fully saturated rings. The molecule has 2 rings (SSSR count). The molecule has 21 heavy (non-hydrogen) atoms. The first-order chi connectivity index (χ1) is 10.1. The second-order valence-electron chi connectivity index (χ2n) is 5.45. The summed E-state index contributed by atoms with van der Waals surface area (Å²) in [4.78, 5) is 24.9. The predicted octanol–water partition coefficient (Wildman–Crippen LogP) is 2.86. The average molecular weight is 287 g/mol. The summed E-state index contributed by atoms with van der Waals surface area (Å²) >= 11 is 0. The van der Waals surface area contributed by atoms with E-state index in [1.807, 2.05) is 37.3 Å². The minimum atomic E-state index is -0.898. The third kappa shape index (κ3) is 4.18. The Morgan fingerprint density at radius 1 is 1.29 bits per heavy atom. The van der Waals surface area contributed by atoms with Crippen molar-refractivity contribution in [1.29, 1.82) is 0 Å². The number of nitrogens with zero attached hydrogens (tertiary/aromatic N) is 1. The number of carbonyl (C=O) groups is 2. The van der Waals surface area contributed by atoms with Crippen molar-refractivity contribution in [3.05, 3.63) is 41.5 Å². The molecular weight excluding hydrogens is 266 g/mol. The van der Waals surface area contributed by atoms with E-state index in [1.165, 1.54) is 10.5 Å². The zero-order chi connectivity index (χ0) is 15.2. The Balaban J connectivity index is 1.94. The third-order valence-corrected chi connectivity index (χ3v) is 3.79. The topological polar surface area (TPSA) is 57.6 Å². The molecule has 1 aromatic rings. The van der Waals surface area contributed by atoms with Crippen LogP contribution in [0.2, 0.25) is 0 Å². The van der Waals surface area contributed by atoms with Crippen molar-refractivity contribution in [1.82, 2.24) is 4.90 Å². The molecule has 1 amide bonds. The minimum Gasteiger partial charge on any atom is -0.480 e. The number of likely N-dealkylation sites (tertiary alicyclic amines) is 1. The van der Waals surface area contributed by atoms with Gasteiger partial charge in [0.15, 0.2) is 0 Å². The smallest absolute Gasteiger partial charge is 0.326 e. The molecule has 4 nitrogen and oxygen atoms in total. The van der Waals surface area contributed by atoms with Crippen LogP contribution in [0.5, 0.6) is 0 Å². The van der Waals surface area contributed by atoms with E-state index < -0.39 is 12.0 Å². The molecule has 1 saturated heterocycles. The van der Waals surface area contributed by atoms with Crippen LogP contribution in [-0.2, 0) is 9.59 Å². The summed E-state index contributed by atoms with van der Waals surface area (Å²) in [5, 5.41) is 9.18. The molecule has 1 aliphatic heterocycles. The lowest BCUT2D eigenvalue weighted by atomic mass is 10.0. The number of hydrogen-bond donors (Lipinski definition) is 1. The van der Waals surface area contributed by atoms with Gasteiger partial charge in [-0.1, -0.05) is 42.0 Å². The second kappa shape index (κ2) is 7.07. The molecule has 1 unspecified atom stereocenters. The van der Waals surface area contributed by atoms with Crippen LogP contribution in [-0.4, -0.2) is 34.5 Å². The summed E-state index contributed by atoms with van der Waals surface area (Å²) in [6.07, 6.45) is 6.27. The first-order valence-corrected chi connectivity index (χ1v) is 7.33. The number of piperidine rings is 1. The maximum Gasteiger partial charge on any atom is 0.326 e. The molecule has 0 spiro atoms. The van der Waals surface area contributed by atoms with Crippen LogP contribution in [0.1, 0.15) is 36.8 Å². The quantitative estimate of drug-likeness (QED) is 0.926. The largest absolute Gasteiger partial charge is 0.480 e. The summed E-state index contributed by atoms with van der Waals surface area (Å²) in [6.45, 7) is 2.58. The number of aryl methyl sites for hydroxylation is 1. The van der Waals surface area contributed by atoms with Crippen molar-refractivity contribution in [3.8, 4) is 0 Å². The van der Waals surface area contributed by atoms with Gasteiger partial charge in [-0.25, -0.2) is 4.79 Å². The zero-order valence-corrected chi connectivity index (χ0v) is 12.3. The highest BCUT2D eigenvalue weighted by atomic mass is 16.4. The lowest BCUT2D eigenvalue weighted by Gasteiger charge is -2.32. The minimum absolute atomic E-state index is 0.106. The Kier molecular flexibility index (Phi) is 5.14. The fraction of sp³-hybridized carbons (Fsp3) is 0.412. The molecule has 0 saturated carbocycles.